The highest BCUT2D eigenvalue weighted by atomic mass is 16.5. The van der Waals surface area contributed by atoms with Crippen molar-refractivity contribution in [3.05, 3.63) is 0 Å². The number of hydrogen-bond acceptors (Lipinski definition) is 4. The smallest absolute Gasteiger partial charge is 0.328 e. The minimum atomic E-state index is -0.421. The molecule has 0 bridgehead atoms. The molecule has 3 atom stereocenters. The molecule has 102 valence electrons. The van der Waals surface area contributed by atoms with E-state index in [0.29, 0.717) is 13.0 Å². The second-order valence-corrected chi connectivity index (χ2v) is 5.08. The summed E-state index contributed by atoms with van der Waals surface area (Å²) in [5.41, 5.74) is 0. The summed E-state index contributed by atoms with van der Waals surface area (Å²) in [4.78, 5) is 25.7. The van der Waals surface area contributed by atoms with Crippen LogP contribution in [0.1, 0.15) is 39.0 Å². The summed E-state index contributed by atoms with van der Waals surface area (Å²) in [5, 5.41) is 0. The standard InChI is InChI=1S/C13H21NO4/c1-9-6-7-11(18-9)12(15)14-8-4-3-5-10(14)13(16)17-2/h9-11H,3-8H2,1-2H3/t9?,10-,11?/m1/s1. The third-order valence-corrected chi connectivity index (χ3v) is 3.77. The number of nitrogens with zero attached hydrogens (tertiary/aromatic N) is 1. The van der Waals surface area contributed by atoms with Gasteiger partial charge in [0.15, 0.2) is 0 Å². The molecule has 0 aromatic carbocycles. The molecule has 2 saturated heterocycles. The Morgan fingerprint density at radius 2 is 2.00 bits per heavy atom. The first-order valence-corrected chi connectivity index (χ1v) is 6.67. The maximum absolute atomic E-state index is 12.4. The van der Waals surface area contributed by atoms with E-state index in [-0.39, 0.29) is 24.1 Å². The number of hydrogen-bond donors (Lipinski definition) is 0. The average Bonchev–Trinajstić information content (AvgIpc) is 2.83. The molecular formula is C13H21NO4. The lowest BCUT2D eigenvalue weighted by Crippen LogP contribution is -2.51. The van der Waals surface area contributed by atoms with Crippen molar-refractivity contribution >= 4 is 11.9 Å². The molecule has 0 aromatic rings. The highest BCUT2D eigenvalue weighted by Crippen LogP contribution is 2.25. The number of rotatable bonds is 2. The number of methoxy groups -OCH3 is 1. The van der Waals surface area contributed by atoms with Gasteiger partial charge in [0.1, 0.15) is 12.1 Å². The van der Waals surface area contributed by atoms with Gasteiger partial charge in [-0.3, -0.25) is 4.79 Å². The Morgan fingerprint density at radius 3 is 2.61 bits per heavy atom. The summed E-state index contributed by atoms with van der Waals surface area (Å²) in [5.74, 6) is -0.358. The molecule has 0 spiro atoms. The van der Waals surface area contributed by atoms with Gasteiger partial charge in [0, 0.05) is 6.54 Å². The number of carbonyl (C=O) groups is 2. The van der Waals surface area contributed by atoms with E-state index in [1.165, 1.54) is 7.11 Å². The van der Waals surface area contributed by atoms with Crippen LogP contribution in [0, 0.1) is 0 Å². The normalized spacial score (nSPS) is 32.3. The number of carbonyl (C=O) groups excluding carboxylic acids is 2. The fraction of sp³-hybridized carbons (Fsp3) is 0.846. The molecule has 2 unspecified atom stereocenters. The van der Waals surface area contributed by atoms with Crippen LogP contribution in [-0.4, -0.2) is 48.7 Å². The molecule has 0 aromatic heterocycles. The van der Waals surface area contributed by atoms with Gasteiger partial charge in [-0.15, -0.1) is 0 Å². The second-order valence-electron chi connectivity index (χ2n) is 5.08. The van der Waals surface area contributed by atoms with Crippen LogP contribution in [0.25, 0.3) is 0 Å². The largest absolute Gasteiger partial charge is 0.467 e. The van der Waals surface area contributed by atoms with Gasteiger partial charge in [-0.1, -0.05) is 0 Å². The SMILES string of the molecule is COC(=O)[C@H]1CCCCN1C(=O)C1CCC(C)O1. The Kier molecular flexibility index (Phi) is 4.22. The summed E-state index contributed by atoms with van der Waals surface area (Å²) in [6, 6.07) is -0.421. The van der Waals surface area contributed by atoms with Gasteiger partial charge in [-0.2, -0.15) is 0 Å². The number of esters is 1. The summed E-state index contributed by atoms with van der Waals surface area (Å²) >= 11 is 0. The van der Waals surface area contributed by atoms with E-state index in [0.717, 1.165) is 25.7 Å². The first-order valence-electron chi connectivity index (χ1n) is 6.67. The summed E-state index contributed by atoms with van der Waals surface area (Å²) in [6.45, 7) is 2.61. The number of piperidine rings is 1. The number of ether oxygens (including phenoxy) is 2. The second kappa shape index (κ2) is 5.69. The van der Waals surface area contributed by atoms with E-state index in [2.05, 4.69) is 0 Å². The van der Waals surface area contributed by atoms with Gasteiger partial charge in [0.25, 0.3) is 5.91 Å². The molecule has 5 heteroatoms. The van der Waals surface area contributed by atoms with Crippen LogP contribution in [0.4, 0.5) is 0 Å². The van der Waals surface area contributed by atoms with Crippen LogP contribution in [-0.2, 0) is 19.1 Å². The van der Waals surface area contributed by atoms with E-state index < -0.39 is 6.04 Å². The lowest BCUT2D eigenvalue weighted by atomic mass is 10.0. The Balaban J connectivity index is 2.04. The third kappa shape index (κ3) is 2.66. The first-order chi connectivity index (χ1) is 8.63. The Labute approximate surface area is 107 Å². The van der Waals surface area contributed by atoms with E-state index >= 15 is 0 Å². The third-order valence-electron chi connectivity index (χ3n) is 3.77. The van der Waals surface area contributed by atoms with Crippen molar-refractivity contribution in [3.8, 4) is 0 Å². The topological polar surface area (TPSA) is 55.8 Å². The highest BCUT2D eigenvalue weighted by Gasteiger charge is 2.38. The van der Waals surface area contributed by atoms with Crippen LogP contribution in [0.15, 0.2) is 0 Å². The maximum Gasteiger partial charge on any atom is 0.328 e. The first kappa shape index (κ1) is 13.3. The van der Waals surface area contributed by atoms with Crippen LogP contribution in [0.2, 0.25) is 0 Å². The zero-order valence-electron chi connectivity index (χ0n) is 11.1. The summed E-state index contributed by atoms with van der Waals surface area (Å²) in [6.07, 6.45) is 4.04. The lowest BCUT2D eigenvalue weighted by molar-refractivity contribution is -0.159. The molecule has 0 N–H and O–H groups in total. The van der Waals surface area contributed by atoms with Crippen molar-refractivity contribution in [2.75, 3.05) is 13.7 Å². The molecule has 2 heterocycles. The molecular weight excluding hydrogens is 234 g/mol. The van der Waals surface area contributed by atoms with Gasteiger partial charge >= 0.3 is 5.97 Å². The lowest BCUT2D eigenvalue weighted by Gasteiger charge is -2.35. The van der Waals surface area contributed by atoms with Gasteiger partial charge in [-0.05, 0) is 39.0 Å². The van der Waals surface area contributed by atoms with Crippen LogP contribution in [0.3, 0.4) is 0 Å². The maximum atomic E-state index is 12.4. The molecule has 2 aliphatic heterocycles. The predicted octanol–water partition coefficient (Wildman–Crippen LogP) is 1.11. The molecule has 0 radical (unpaired) electrons. The zero-order valence-corrected chi connectivity index (χ0v) is 11.1. The summed E-state index contributed by atoms with van der Waals surface area (Å²) in [7, 11) is 1.37. The summed E-state index contributed by atoms with van der Waals surface area (Å²) < 4.78 is 10.4. The molecule has 2 rings (SSSR count). The van der Waals surface area contributed by atoms with Crippen molar-refractivity contribution in [3.63, 3.8) is 0 Å². The minimum absolute atomic E-state index is 0.0468. The van der Waals surface area contributed by atoms with Crippen molar-refractivity contribution in [1.29, 1.82) is 0 Å². The van der Waals surface area contributed by atoms with Gasteiger partial charge in [-0.25, -0.2) is 4.79 Å². The van der Waals surface area contributed by atoms with Crippen molar-refractivity contribution < 1.29 is 19.1 Å². The average molecular weight is 255 g/mol. The van der Waals surface area contributed by atoms with Crippen LogP contribution >= 0.6 is 0 Å². The van der Waals surface area contributed by atoms with E-state index in [1.54, 1.807) is 4.90 Å². The molecule has 18 heavy (non-hydrogen) atoms. The number of likely N-dealkylation sites (tertiary alicyclic amines) is 1. The van der Waals surface area contributed by atoms with Crippen molar-refractivity contribution in [1.82, 2.24) is 4.90 Å². The van der Waals surface area contributed by atoms with Crippen LogP contribution in [0.5, 0.6) is 0 Å². The molecule has 2 aliphatic rings. The monoisotopic (exact) mass is 255 g/mol. The van der Waals surface area contributed by atoms with Gasteiger partial charge in [0.05, 0.1) is 13.2 Å². The predicted molar refractivity (Wildman–Crippen MR) is 64.9 cm³/mol. The highest BCUT2D eigenvalue weighted by molar-refractivity contribution is 5.87. The number of amides is 1. The molecule has 2 fully saturated rings. The van der Waals surface area contributed by atoms with E-state index in [1.807, 2.05) is 6.92 Å². The van der Waals surface area contributed by atoms with Crippen molar-refractivity contribution in [2.45, 2.75) is 57.3 Å². The molecule has 0 saturated carbocycles. The van der Waals surface area contributed by atoms with E-state index in [4.69, 9.17) is 9.47 Å². The Morgan fingerprint density at radius 1 is 1.22 bits per heavy atom. The Bertz CT molecular complexity index is 331. The van der Waals surface area contributed by atoms with Gasteiger partial charge < -0.3 is 14.4 Å². The fourth-order valence-electron chi connectivity index (χ4n) is 2.75. The molecule has 1 amide bonds. The van der Waals surface area contributed by atoms with Crippen molar-refractivity contribution in [2.24, 2.45) is 0 Å². The quantitative estimate of drug-likeness (QED) is 0.694. The Hall–Kier alpha value is -1.10. The fourth-order valence-corrected chi connectivity index (χ4v) is 2.75. The van der Waals surface area contributed by atoms with Crippen LogP contribution < -0.4 is 0 Å². The van der Waals surface area contributed by atoms with E-state index in [9.17, 15) is 9.59 Å². The van der Waals surface area contributed by atoms with Gasteiger partial charge in [0.2, 0.25) is 0 Å². The minimum Gasteiger partial charge on any atom is -0.467 e. The molecule has 0 aliphatic carbocycles. The molecule has 5 nitrogen and oxygen atoms in total. The zero-order chi connectivity index (χ0) is 13.1.